The number of rotatable bonds is 0. The molecule has 1 aliphatic heterocycles. The van der Waals surface area contributed by atoms with Crippen molar-refractivity contribution in [2.75, 3.05) is 0 Å². The maximum atomic E-state index is 12.5. The second-order valence-electron chi connectivity index (χ2n) is 3.00. The van der Waals surface area contributed by atoms with E-state index in [0.29, 0.717) is 0 Å². The summed E-state index contributed by atoms with van der Waals surface area (Å²) >= 11 is 0. The zero-order valence-corrected chi connectivity index (χ0v) is 7.58. The highest BCUT2D eigenvalue weighted by Crippen LogP contribution is 2.25. The van der Waals surface area contributed by atoms with Gasteiger partial charge in [-0.25, -0.2) is 9.98 Å². The van der Waals surface area contributed by atoms with Crippen LogP contribution in [0.15, 0.2) is 28.2 Å². The highest BCUT2D eigenvalue weighted by molar-refractivity contribution is 6.36. The number of benzene rings is 1. The van der Waals surface area contributed by atoms with Crippen molar-refractivity contribution in [3.8, 4) is 0 Å². The van der Waals surface area contributed by atoms with Gasteiger partial charge in [-0.3, -0.25) is 9.59 Å². The van der Waals surface area contributed by atoms with Crippen molar-refractivity contribution in [3.63, 3.8) is 0 Å². The van der Waals surface area contributed by atoms with E-state index in [-0.39, 0.29) is 5.36 Å². The molecule has 82 valence electrons. The van der Waals surface area contributed by atoms with Crippen LogP contribution in [0.2, 0.25) is 0 Å². The first-order chi connectivity index (χ1) is 7.39. The average Bonchev–Trinajstić information content (AvgIpc) is 2.17. The molecule has 0 N–H and O–H groups in total. The monoisotopic (exact) mass is 228 g/mol. The van der Waals surface area contributed by atoms with E-state index in [1.165, 1.54) is 6.07 Å². The van der Waals surface area contributed by atoms with Crippen molar-refractivity contribution in [1.82, 2.24) is 0 Å². The van der Waals surface area contributed by atoms with Crippen LogP contribution in [0.3, 0.4) is 0 Å². The lowest BCUT2D eigenvalue weighted by Gasteiger charge is -2.07. The molecule has 2 amide bonds. The standard InChI is InChI=1S/C9H3F3N2O2/c10-9(11,12)4-2-1-3-5-6(4)14-8(16)7(15)13-5/h1-3H. The van der Waals surface area contributed by atoms with E-state index >= 15 is 0 Å². The summed E-state index contributed by atoms with van der Waals surface area (Å²) in [5.41, 5.74) is -1.07. The van der Waals surface area contributed by atoms with Gasteiger partial charge < -0.3 is 0 Å². The maximum Gasteiger partial charge on any atom is 0.418 e. The van der Waals surface area contributed by atoms with E-state index in [1.54, 1.807) is 0 Å². The Bertz CT molecular complexity index is 604. The Hall–Kier alpha value is -2.05. The summed E-state index contributed by atoms with van der Waals surface area (Å²) in [7, 11) is 0. The van der Waals surface area contributed by atoms with Gasteiger partial charge in [0, 0.05) is 0 Å². The fourth-order valence-corrected chi connectivity index (χ4v) is 1.27. The van der Waals surface area contributed by atoms with Gasteiger partial charge in [-0.05, 0) is 12.1 Å². The Morgan fingerprint density at radius 1 is 1.00 bits per heavy atom. The third-order valence-corrected chi connectivity index (χ3v) is 1.94. The number of hydrogen-bond acceptors (Lipinski definition) is 2. The molecule has 0 fully saturated rings. The molecule has 0 radical (unpaired) electrons. The third kappa shape index (κ3) is 1.60. The van der Waals surface area contributed by atoms with Gasteiger partial charge in [0.05, 0.1) is 10.9 Å². The summed E-state index contributed by atoms with van der Waals surface area (Å²) in [6.07, 6.45) is -4.63. The molecule has 4 nitrogen and oxygen atoms in total. The molecule has 0 spiro atoms. The van der Waals surface area contributed by atoms with E-state index in [0.717, 1.165) is 12.1 Å². The normalized spacial score (nSPS) is 15.2. The highest BCUT2D eigenvalue weighted by atomic mass is 19.4. The van der Waals surface area contributed by atoms with E-state index in [4.69, 9.17) is 0 Å². The minimum absolute atomic E-state index is 0.237. The molecule has 0 saturated carbocycles. The summed E-state index contributed by atoms with van der Waals surface area (Å²) in [5.74, 6) is -2.45. The number of hydrogen-bond donors (Lipinski definition) is 0. The fraction of sp³-hybridized carbons (Fsp3) is 0.111. The second-order valence-corrected chi connectivity index (χ2v) is 3.00. The van der Waals surface area contributed by atoms with Gasteiger partial charge in [-0.1, -0.05) is 6.07 Å². The van der Waals surface area contributed by atoms with Crippen LogP contribution in [0.1, 0.15) is 5.56 Å². The lowest BCUT2D eigenvalue weighted by Crippen LogP contribution is -2.39. The van der Waals surface area contributed by atoms with Gasteiger partial charge in [-0.15, -0.1) is 0 Å². The molecule has 1 aromatic rings. The topological polar surface area (TPSA) is 58.9 Å². The molecule has 1 aromatic carbocycles. The van der Waals surface area contributed by atoms with Gasteiger partial charge in [0.15, 0.2) is 0 Å². The van der Waals surface area contributed by atoms with Crippen LogP contribution >= 0.6 is 0 Å². The summed E-state index contributed by atoms with van der Waals surface area (Å²) in [4.78, 5) is 28.0. The lowest BCUT2D eigenvalue weighted by molar-refractivity contribution is -0.140. The number of amides is 2. The second kappa shape index (κ2) is 3.22. The molecule has 2 rings (SSSR count). The number of carbonyl (C=O) groups is 2. The smallest absolute Gasteiger partial charge is 0.261 e. The van der Waals surface area contributed by atoms with Crippen molar-refractivity contribution in [3.05, 3.63) is 34.5 Å². The van der Waals surface area contributed by atoms with Crippen LogP contribution in [-0.4, -0.2) is 11.8 Å². The summed E-state index contributed by atoms with van der Waals surface area (Å²) < 4.78 is 37.5. The van der Waals surface area contributed by atoms with Gasteiger partial charge in [0.1, 0.15) is 5.36 Å². The number of nitrogens with zero attached hydrogens (tertiary/aromatic N) is 2. The third-order valence-electron chi connectivity index (χ3n) is 1.94. The predicted molar refractivity (Wildman–Crippen MR) is 43.8 cm³/mol. The van der Waals surface area contributed by atoms with Crippen molar-refractivity contribution >= 4 is 11.8 Å². The number of para-hydroxylation sites is 1. The van der Waals surface area contributed by atoms with Crippen LogP contribution in [0.5, 0.6) is 0 Å². The van der Waals surface area contributed by atoms with E-state index < -0.39 is 28.9 Å². The Morgan fingerprint density at radius 3 is 2.25 bits per heavy atom. The molecule has 16 heavy (non-hydrogen) atoms. The molecule has 7 heteroatoms. The van der Waals surface area contributed by atoms with Gasteiger partial charge in [-0.2, -0.15) is 13.2 Å². The van der Waals surface area contributed by atoms with Crippen LogP contribution < -0.4 is 10.7 Å². The molecule has 0 saturated heterocycles. The van der Waals surface area contributed by atoms with Crippen molar-refractivity contribution in [2.45, 2.75) is 6.18 Å². The summed E-state index contributed by atoms with van der Waals surface area (Å²) in [6, 6.07) is 3.07. The molecular weight excluding hydrogens is 225 g/mol. The first-order valence-corrected chi connectivity index (χ1v) is 4.11. The number of carbonyl (C=O) groups excluding carboxylic acids is 2. The number of alkyl halides is 3. The molecule has 0 aliphatic carbocycles. The average molecular weight is 228 g/mol. The molecule has 1 aliphatic rings. The van der Waals surface area contributed by atoms with Crippen LogP contribution in [0.4, 0.5) is 13.2 Å². The minimum Gasteiger partial charge on any atom is -0.261 e. The fourth-order valence-electron chi connectivity index (χ4n) is 1.27. The zero-order chi connectivity index (χ0) is 11.9. The molecule has 0 atom stereocenters. The van der Waals surface area contributed by atoms with Crippen LogP contribution in [0.25, 0.3) is 0 Å². The molecular formula is C9H3F3N2O2. The number of fused-ring (bicyclic) bond motifs is 1. The summed E-state index contributed by atoms with van der Waals surface area (Å²) in [6.45, 7) is 0. The van der Waals surface area contributed by atoms with Crippen molar-refractivity contribution in [2.24, 2.45) is 9.98 Å². The molecule has 0 unspecified atom stereocenters. The lowest BCUT2D eigenvalue weighted by atomic mass is 10.2. The zero-order valence-electron chi connectivity index (χ0n) is 7.58. The van der Waals surface area contributed by atoms with Gasteiger partial charge in [0.2, 0.25) is 0 Å². The Labute approximate surface area is 86.1 Å². The predicted octanol–water partition coefficient (Wildman–Crippen LogP) is 0.0114. The van der Waals surface area contributed by atoms with Crippen molar-refractivity contribution < 1.29 is 22.8 Å². The quantitative estimate of drug-likeness (QED) is 0.587. The molecule has 1 heterocycles. The SMILES string of the molecule is O=C1N=c2cccc(C(F)(F)F)c2=NC1=O. The van der Waals surface area contributed by atoms with Crippen molar-refractivity contribution in [1.29, 1.82) is 0 Å². The Balaban J connectivity index is 2.86. The van der Waals surface area contributed by atoms with Crippen LogP contribution in [0, 0.1) is 0 Å². The molecule has 0 aromatic heterocycles. The largest absolute Gasteiger partial charge is 0.418 e. The Kier molecular flexibility index (Phi) is 2.11. The number of halogens is 3. The van der Waals surface area contributed by atoms with Gasteiger partial charge in [0.25, 0.3) is 0 Å². The van der Waals surface area contributed by atoms with Crippen LogP contribution in [-0.2, 0) is 15.8 Å². The summed E-state index contributed by atoms with van der Waals surface area (Å²) in [5, 5.41) is -0.834. The highest BCUT2D eigenvalue weighted by Gasteiger charge is 2.33. The van der Waals surface area contributed by atoms with Gasteiger partial charge >= 0.3 is 18.0 Å². The van der Waals surface area contributed by atoms with E-state index in [2.05, 4.69) is 9.98 Å². The first kappa shape index (κ1) is 10.5. The Morgan fingerprint density at radius 2 is 1.62 bits per heavy atom. The van der Waals surface area contributed by atoms with E-state index in [1.807, 2.05) is 0 Å². The van der Waals surface area contributed by atoms with E-state index in [9.17, 15) is 22.8 Å². The maximum absolute atomic E-state index is 12.5. The minimum atomic E-state index is -4.63. The first-order valence-electron chi connectivity index (χ1n) is 4.11. The molecule has 0 bridgehead atoms.